The van der Waals surface area contributed by atoms with Crippen LogP contribution in [0.5, 0.6) is 0 Å². The monoisotopic (exact) mass is 259 g/mol. The molecule has 5 heteroatoms. The van der Waals surface area contributed by atoms with E-state index in [1.54, 1.807) is 6.07 Å². The third-order valence-electron chi connectivity index (χ3n) is 4.06. The number of hydrogen-bond donors (Lipinski definition) is 3. The zero-order chi connectivity index (χ0) is 13.6. The molecule has 0 bridgehead atoms. The Labute approximate surface area is 109 Å². The van der Waals surface area contributed by atoms with Gasteiger partial charge in [-0.05, 0) is 42.4 Å². The molecule has 100 valence electrons. The van der Waals surface area contributed by atoms with Gasteiger partial charge in [0.15, 0.2) is 0 Å². The van der Waals surface area contributed by atoms with Crippen LogP contribution in [-0.4, -0.2) is 9.97 Å². The molecule has 19 heavy (non-hydrogen) atoms. The Morgan fingerprint density at radius 3 is 2.42 bits per heavy atom. The first-order valence-corrected chi connectivity index (χ1v) is 6.58. The van der Waals surface area contributed by atoms with Gasteiger partial charge in [-0.15, -0.1) is 0 Å². The highest BCUT2D eigenvalue weighted by Crippen LogP contribution is 2.41. The Hall–Kier alpha value is -1.88. The molecule has 1 fully saturated rings. The molecule has 3 rings (SSSR count). The van der Waals surface area contributed by atoms with E-state index in [0.717, 1.165) is 11.5 Å². The van der Waals surface area contributed by atoms with Gasteiger partial charge in [-0.1, -0.05) is 13.0 Å². The van der Waals surface area contributed by atoms with Crippen molar-refractivity contribution in [2.45, 2.75) is 25.8 Å². The third-order valence-corrected chi connectivity index (χ3v) is 4.06. The van der Waals surface area contributed by atoms with Crippen LogP contribution in [0.2, 0.25) is 0 Å². The van der Waals surface area contributed by atoms with Gasteiger partial charge >= 0.3 is 11.1 Å². The van der Waals surface area contributed by atoms with Crippen LogP contribution in [0.4, 0.5) is 0 Å². The number of benzene rings is 1. The Kier molecular flexibility index (Phi) is 2.78. The van der Waals surface area contributed by atoms with Crippen molar-refractivity contribution in [3.05, 3.63) is 44.5 Å². The van der Waals surface area contributed by atoms with Gasteiger partial charge in [-0.25, -0.2) is 0 Å². The maximum atomic E-state index is 11.3. The van der Waals surface area contributed by atoms with Crippen molar-refractivity contribution in [3.63, 3.8) is 0 Å². The van der Waals surface area contributed by atoms with Crippen molar-refractivity contribution in [2.24, 2.45) is 17.6 Å². The normalized spacial score (nSPS) is 18.4. The van der Waals surface area contributed by atoms with Crippen molar-refractivity contribution in [1.29, 1.82) is 0 Å². The number of fused-ring (bicyclic) bond motifs is 1. The van der Waals surface area contributed by atoms with Crippen LogP contribution in [-0.2, 0) is 0 Å². The zero-order valence-electron chi connectivity index (χ0n) is 10.8. The van der Waals surface area contributed by atoms with E-state index in [2.05, 4.69) is 16.9 Å². The molecule has 1 aliphatic carbocycles. The van der Waals surface area contributed by atoms with E-state index in [-0.39, 0.29) is 6.04 Å². The fourth-order valence-corrected chi connectivity index (χ4v) is 2.56. The van der Waals surface area contributed by atoms with E-state index in [4.69, 9.17) is 5.73 Å². The van der Waals surface area contributed by atoms with Gasteiger partial charge in [0.1, 0.15) is 0 Å². The van der Waals surface area contributed by atoms with Crippen LogP contribution in [0.15, 0.2) is 27.8 Å². The van der Waals surface area contributed by atoms with Crippen molar-refractivity contribution in [3.8, 4) is 0 Å². The summed E-state index contributed by atoms with van der Waals surface area (Å²) in [5, 5.41) is 0. The van der Waals surface area contributed by atoms with Crippen molar-refractivity contribution in [2.75, 3.05) is 0 Å². The largest absolute Gasteiger partial charge is 0.324 e. The molecule has 0 radical (unpaired) electrons. The van der Waals surface area contributed by atoms with Crippen LogP contribution < -0.4 is 16.9 Å². The minimum atomic E-state index is -0.631. The van der Waals surface area contributed by atoms with E-state index in [1.807, 2.05) is 12.1 Å². The van der Waals surface area contributed by atoms with E-state index in [1.165, 1.54) is 12.8 Å². The number of nitrogens with one attached hydrogen (secondary N) is 2. The average molecular weight is 259 g/mol. The lowest BCUT2D eigenvalue weighted by molar-refractivity contribution is 0.417. The highest BCUT2D eigenvalue weighted by atomic mass is 16.2. The molecule has 0 amide bonds. The van der Waals surface area contributed by atoms with Gasteiger partial charge in [0, 0.05) is 6.04 Å². The molecule has 2 unspecified atom stereocenters. The summed E-state index contributed by atoms with van der Waals surface area (Å²) < 4.78 is 0. The second kappa shape index (κ2) is 4.35. The smallest absolute Gasteiger partial charge is 0.314 e. The highest BCUT2D eigenvalue weighted by molar-refractivity contribution is 5.74. The van der Waals surface area contributed by atoms with E-state index >= 15 is 0 Å². The first-order chi connectivity index (χ1) is 9.06. The maximum Gasteiger partial charge on any atom is 0.314 e. The predicted octanol–water partition coefficient (Wildman–Crippen LogP) is 1.26. The minimum Gasteiger partial charge on any atom is -0.324 e. The van der Waals surface area contributed by atoms with Crippen molar-refractivity contribution < 1.29 is 0 Å². The number of rotatable bonds is 3. The fourth-order valence-electron chi connectivity index (χ4n) is 2.56. The summed E-state index contributed by atoms with van der Waals surface area (Å²) >= 11 is 0. The van der Waals surface area contributed by atoms with Gasteiger partial charge in [-0.3, -0.25) is 9.59 Å². The molecule has 1 aliphatic rings. The van der Waals surface area contributed by atoms with E-state index < -0.39 is 11.1 Å². The summed E-state index contributed by atoms with van der Waals surface area (Å²) in [6, 6.07) is 5.53. The minimum absolute atomic E-state index is 0.0349. The molecule has 2 aromatic rings. The molecule has 1 aromatic heterocycles. The summed E-state index contributed by atoms with van der Waals surface area (Å²) in [6.07, 6.45) is 2.51. The number of hydrogen-bond acceptors (Lipinski definition) is 3. The van der Waals surface area contributed by atoms with Gasteiger partial charge in [0.25, 0.3) is 0 Å². The Morgan fingerprint density at radius 1 is 1.16 bits per heavy atom. The molecule has 0 spiro atoms. The Morgan fingerprint density at radius 2 is 1.79 bits per heavy atom. The van der Waals surface area contributed by atoms with Crippen LogP contribution in [0.3, 0.4) is 0 Å². The third kappa shape index (κ3) is 2.21. The molecule has 1 aromatic carbocycles. The summed E-state index contributed by atoms with van der Waals surface area (Å²) in [4.78, 5) is 27.7. The Balaban J connectivity index is 2.03. The lowest BCUT2D eigenvalue weighted by Crippen LogP contribution is -2.29. The van der Waals surface area contributed by atoms with Crippen molar-refractivity contribution >= 4 is 11.0 Å². The molecule has 0 saturated heterocycles. The number of H-pyrrole nitrogens is 2. The molecular formula is C14H17N3O2. The summed E-state index contributed by atoms with van der Waals surface area (Å²) in [6.45, 7) is 2.17. The standard InChI is InChI=1S/C14H17N3O2/c1-7(8-2-3-8)12(15)9-4-5-10-11(6-9)17-14(19)13(18)16-10/h4-8,12H,2-3,15H2,1H3,(H,16,18)(H,17,19). The zero-order valence-corrected chi connectivity index (χ0v) is 10.8. The number of aromatic amines is 2. The van der Waals surface area contributed by atoms with Gasteiger partial charge in [0.2, 0.25) is 0 Å². The molecule has 1 heterocycles. The topological polar surface area (TPSA) is 91.7 Å². The molecule has 2 atom stereocenters. The molecule has 0 aliphatic heterocycles. The first-order valence-electron chi connectivity index (χ1n) is 6.58. The molecule has 5 nitrogen and oxygen atoms in total. The van der Waals surface area contributed by atoms with Gasteiger partial charge < -0.3 is 15.7 Å². The van der Waals surface area contributed by atoms with Crippen LogP contribution in [0, 0.1) is 11.8 Å². The molecule has 4 N–H and O–H groups in total. The fraction of sp³-hybridized carbons (Fsp3) is 0.429. The number of nitrogens with two attached hydrogens (primary N) is 1. The first kappa shape index (κ1) is 12.2. The van der Waals surface area contributed by atoms with Crippen LogP contribution in [0.1, 0.15) is 31.4 Å². The predicted molar refractivity (Wildman–Crippen MR) is 74.0 cm³/mol. The van der Waals surface area contributed by atoms with Crippen molar-refractivity contribution in [1.82, 2.24) is 9.97 Å². The Bertz CT molecular complexity index is 727. The molecular weight excluding hydrogens is 242 g/mol. The quantitative estimate of drug-likeness (QED) is 0.725. The van der Waals surface area contributed by atoms with Gasteiger partial charge in [0.05, 0.1) is 11.0 Å². The average Bonchev–Trinajstić information content (AvgIpc) is 3.22. The highest BCUT2D eigenvalue weighted by Gasteiger charge is 2.32. The second-order valence-electron chi connectivity index (χ2n) is 5.44. The lowest BCUT2D eigenvalue weighted by atomic mass is 9.91. The van der Waals surface area contributed by atoms with Crippen LogP contribution in [0.25, 0.3) is 11.0 Å². The summed E-state index contributed by atoms with van der Waals surface area (Å²) in [7, 11) is 0. The lowest BCUT2D eigenvalue weighted by Gasteiger charge is -2.20. The second-order valence-corrected chi connectivity index (χ2v) is 5.44. The van der Waals surface area contributed by atoms with E-state index in [0.29, 0.717) is 17.0 Å². The molecule has 1 saturated carbocycles. The SMILES string of the molecule is CC(C1CC1)C(N)c1ccc2[nH]c(=O)c(=O)[nH]c2c1. The van der Waals surface area contributed by atoms with Crippen LogP contribution >= 0.6 is 0 Å². The van der Waals surface area contributed by atoms with E-state index in [9.17, 15) is 9.59 Å². The summed E-state index contributed by atoms with van der Waals surface area (Å²) in [5.41, 5.74) is 7.26. The van der Waals surface area contributed by atoms with Gasteiger partial charge in [-0.2, -0.15) is 0 Å². The summed E-state index contributed by atoms with van der Waals surface area (Å²) in [5.74, 6) is 1.16. The number of aromatic nitrogens is 2. The maximum absolute atomic E-state index is 11.3.